The minimum atomic E-state index is -0.352. The van der Waals surface area contributed by atoms with E-state index in [9.17, 15) is 9.59 Å². The van der Waals surface area contributed by atoms with Gasteiger partial charge in [-0.3, -0.25) is 9.69 Å². The predicted octanol–water partition coefficient (Wildman–Crippen LogP) is 4.36. The van der Waals surface area contributed by atoms with E-state index in [0.717, 1.165) is 28.8 Å². The van der Waals surface area contributed by atoms with Crippen molar-refractivity contribution in [2.24, 2.45) is 0 Å². The maximum atomic E-state index is 12.2. The Kier molecular flexibility index (Phi) is 5.81. The van der Waals surface area contributed by atoms with Gasteiger partial charge in [0.1, 0.15) is 0 Å². The third-order valence-electron chi connectivity index (χ3n) is 4.55. The standard InChI is InChI=1S/C21H21ClN2O3/c1-14(23-20(25)10-5-15-3-7-18(22)8-4-15)16-6-9-19-17(13-16)11-12-24(19)21(26)27-2/h3-10,13-14H,11-12H2,1-2H3,(H,23,25). The normalized spacial score (nSPS) is 14.1. The van der Waals surface area contributed by atoms with Crippen LogP contribution >= 0.6 is 11.6 Å². The topological polar surface area (TPSA) is 58.6 Å². The number of ether oxygens (including phenoxy) is 1. The molecule has 0 saturated heterocycles. The number of nitrogens with zero attached hydrogens (tertiary/aromatic N) is 1. The molecule has 0 aliphatic carbocycles. The molecule has 2 aromatic rings. The van der Waals surface area contributed by atoms with Crippen molar-refractivity contribution in [1.82, 2.24) is 5.32 Å². The van der Waals surface area contributed by atoms with Gasteiger partial charge in [-0.2, -0.15) is 0 Å². The number of benzene rings is 2. The van der Waals surface area contributed by atoms with Crippen LogP contribution in [-0.2, 0) is 16.0 Å². The molecule has 1 unspecified atom stereocenters. The van der Waals surface area contributed by atoms with E-state index in [4.69, 9.17) is 16.3 Å². The number of nitrogens with one attached hydrogen (secondary N) is 1. The van der Waals surface area contributed by atoms with Crippen molar-refractivity contribution in [3.8, 4) is 0 Å². The molecular weight excluding hydrogens is 364 g/mol. The third kappa shape index (κ3) is 4.49. The molecule has 1 aliphatic rings. The molecule has 6 heteroatoms. The summed E-state index contributed by atoms with van der Waals surface area (Å²) in [4.78, 5) is 25.6. The van der Waals surface area contributed by atoms with Crippen molar-refractivity contribution in [2.45, 2.75) is 19.4 Å². The van der Waals surface area contributed by atoms with Gasteiger partial charge < -0.3 is 10.1 Å². The molecule has 1 atom stereocenters. The highest BCUT2D eigenvalue weighted by atomic mass is 35.5. The SMILES string of the molecule is COC(=O)N1CCc2cc(C(C)NC(=O)C=Cc3ccc(Cl)cc3)ccc21. The fourth-order valence-corrected chi connectivity index (χ4v) is 3.21. The largest absolute Gasteiger partial charge is 0.452 e. The summed E-state index contributed by atoms with van der Waals surface area (Å²) >= 11 is 5.85. The smallest absolute Gasteiger partial charge is 0.414 e. The predicted molar refractivity (Wildman–Crippen MR) is 107 cm³/mol. The molecule has 27 heavy (non-hydrogen) atoms. The molecule has 0 fully saturated rings. The highest BCUT2D eigenvalue weighted by Crippen LogP contribution is 2.31. The lowest BCUT2D eigenvalue weighted by Gasteiger charge is -2.17. The second-order valence-electron chi connectivity index (χ2n) is 6.37. The van der Waals surface area contributed by atoms with Crippen LogP contribution in [0.15, 0.2) is 48.5 Å². The van der Waals surface area contributed by atoms with Gasteiger partial charge in [-0.25, -0.2) is 4.79 Å². The zero-order valence-electron chi connectivity index (χ0n) is 15.2. The van der Waals surface area contributed by atoms with Gasteiger partial charge in [0, 0.05) is 17.6 Å². The van der Waals surface area contributed by atoms with E-state index in [-0.39, 0.29) is 18.0 Å². The number of amides is 2. The molecular formula is C21H21ClN2O3. The lowest BCUT2D eigenvalue weighted by Crippen LogP contribution is -2.28. The Morgan fingerprint density at radius 2 is 1.96 bits per heavy atom. The summed E-state index contributed by atoms with van der Waals surface area (Å²) in [6.45, 7) is 2.54. The van der Waals surface area contributed by atoms with Crippen LogP contribution in [0.4, 0.5) is 10.5 Å². The van der Waals surface area contributed by atoms with E-state index in [1.165, 1.54) is 13.2 Å². The van der Waals surface area contributed by atoms with Gasteiger partial charge in [0.05, 0.1) is 18.8 Å². The summed E-state index contributed by atoms with van der Waals surface area (Å²) in [5.41, 5.74) is 3.85. The highest BCUT2D eigenvalue weighted by molar-refractivity contribution is 6.30. The van der Waals surface area contributed by atoms with Gasteiger partial charge in [0.2, 0.25) is 5.91 Å². The molecule has 2 aromatic carbocycles. The number of hydrogen-bond donors (Lipinski definition) is 1. The first kappa shape index (κ1) is 19.0. The molecule has 1 heterocycles. The number of halogens is 1. The van der Waals surface area contributed by atoms with Crippen molar-refractivity contribution >= 4 is 35.4 Å². The molecule has 0 aromatic heterocycles. The van der Waals surface area contributed by atoms with Crippen LogP contribution in [0, 0.1) is 0 Å². The maximum absolute atomic E-state index is 12.2. The average Bonchev–Trinajstić information content (AvgIpc) is 3.10. The summed E-state index contributed by atoms with van der Waals surface area (Å²) in [5.74, 6) is -0.172. The van der Waals surface area contributed by atoms with E-state index >= 15 is 0 Å². The van der Waals surface area contributed by atoms with E-state index in [1.54, 1.807) is 23.1 Å². The minimum absolute atomic E-state index is 0.148. The number of fused-ring (bicyclic) bond motifs is 1. The van der Waals surface area contributed by atoms with Crippen LogP contribution in [0.5, 0.6) is 0 Å². The molecule has 140 valence electrons. The Balaban J connectivity index is 1.64. The van der Waals surface area contributed by atoms with Gasteiger partial charge in [0.15, 0.2) is 0 Å². The molecule has 2 amide bonds. The van der Waals surface area contributed by atoms with Crippen molar-refractivity contribution in [2.75, 3.05) is 18.6 Å². The zero-order chi connectivity index (χ0) is 19.4. The molecule has 0 spiro atoms. The lowest BCUT2D eigenvalue weighted by molar-refractivity contribution is -0.117. The second-order valence-corrected chi connectivity index (χ2v) is 6.81. The number of methoxy groups -OCH3 is 1. The van der Waals surface area contributed by atoms with Crippen LogP contribution < -0.4 is 10.2 Å². The van der Waals surface area contributed by atoms with Gasteiger partial charge in [0.25, 0.3) is 0 Å². The Morgan fingerprint density at radius 1 is 1.22 bits per heavy atom. The van der Waals surface area contributed by atoms with E-state index in [0.29, 0.717) is 11.6 Å². The summed E-state index contributed by atoms with van der Waals surface area (Å²) in [7, 11) is 1.38. The fraction of sp³-hybridized carbons (Fsp3) is 0.238. The minimum Gasteiger partial charge on any atom is -0.452 e. The first-order chi connectivity index (χ1) is 13.0. The van der Waals surface area contributed by atoms with E-state index in [1.807, 2.05) is 37.3 Å². The summed E-state index contributed by atoms with van der Waals surface area (Å²) in [6.07, 6.45) is 3.67. The quantitative estimate of drug-likeness (QED) is 0.797. The van der Waals surface area contributed by atoms with Crippen LogP contribution in [0.1, 0.15) is 29.7 Å². The Hall–Kier alpha value is -2.79. The Bertz CT molecular complexity index is 877. The average molecular weight is 385 g/mol. The van der Waals surface area contributed by atoms with Crippen molar-refractivity contribution in [3.05, 3.63) is 70.3 Å². The van der Waals surface area contributed by atoms with Gasteiger partial charge in [-0.05, 0) is 54.3 Å². The number of anilines is 1. The second kappa shape index (κ2) is 8.27. The third-order valence-corrected chi connectivity index (χ3v) is 4.80. The number of carbonyl (C=O) groups is 2. The molecule has 1 aliphatic heterocycles. The number of hydrogen-bond acceptors (Lipinski definition) is 3. The molecule has 0 radical (unpaired) electrons. The first-order valence-corrected chi connectivity index (χ1v) is 9.08. The number of carbonyl (C=O) groups excluding carboxylic acids is 2. The molecule has 1 N–H and O–H groups in total. The summed E-state index contributed by atoms with van der Waals surface area (Å²) in [5, 5.41) is 3.62. The van der Waals surface area contributed by atoms with Crippen molar-refractivity contribution < 1.29 is 14.3 Å². The first-order valence-electron chi connectivity index (χ1n) is 8.70. The number of rotatable bonds is 4. The summed E-state index contributed by atoms with van der Waals surface area (Å²) < 4.78 is 4.81. The lowest BCUT2D eigenvalue weighted by atomic mass is 10.0. The van der Waals surface area contributed by atoms with Crippen molar-refractivity contribution in [3.63, 3.8) is 0 Å². The Morgan fingerprint density at radius 3 is 2.67 bits per heavy atom. The highest BCUT2D eigenvalue weighted by Gasteiger charge is 2.25. The molecule has 0 bridgehead atoms. The monoisotopic (exact) mass is 384 g/mol. The zero-order valence-corrected chi connectivity index (χ0v) is 16.0. The van der Waals surface area contributed by atoms with Crippen LogP contribution in [-0.4, -0.2) is 25.7 Å². The Labute approximate surface area is 163 Å². The van der Waals surface area contributed by atoms with Gasteiger partial charge in [-0.1, -0.05) is 35.9 Å². The van der Waals surface area contributed by atoms with Crippen molar-refractivity contribution in [1.29, 1.82) is 0 Å². The molecule has 5 nitrogen and oxygen atoms in total. The summed E-state index contributed by atoms with van der Waals surface area (Å²) in [6, 6.07) is 13.0. The van der Waals surface area contributed by atoms with E-state index < -0.39 is 0 Å². The molecule has 3 rings (SSSR count). The fourth-order valence-electron chi connectivity index (χ4n) is 3.08. The van der Waals surface area contributed by atoms with Gasteiger partial charge in [-0.15, -0.1) is 0 Å². The van der Waals surface area contributed by atoms with Crippen LogP contribution in [0.2, 0.25) is 5.02 Å². The molecule has 0 saturated carbocycles. The van der Waals surface area contributed by atoms with Crippen LogP contribution in [0.3, 0.4) is 0 Å². The maximum Gasteiger partial charge on any atom is 0.414 e. The van der Waals surface area contributed by atoms with Gasteiger partial charge >= 0.3 is 6.09 Å². The van der Waals surface area contributed by atoms with E-state index in [2.05, 4.69) is 5.32 Å². The van der Waals surface area contributed by atoms with Crippen LogP contribution in [0.25, 0.3) is 6.08 Å².